The van der Waals surface area contributed by atoms with Crippen LogP contribution < -0.4 is 10.6 Å². The molecule has 0 bridgehead atoms. The topological polar surface area (TPSA) is 76.5 Å². The maximum absolute atomic E-state index is 13.0. The number of imidazole rings is 1. The van der Waals surface area contributed by atoms with Crippen LogP contribution >= 0.6 is 0 Å². The minimum atomic E-state index is -5.00. The molecule has 0 spiro atoms. The molecule has 1 aliphatic carbocycles. The Morgan fingerprint density at radius 3 is 2.26 bits per heavy atom. The molecular weight excluding hydrogens is 443 g/mol. The van der Waals surface area contributed by atoms with Crippen molar-refractivity contribution in [1.82, 2.24) is 14.6 Å². The number of nitrogens with zero attached hydrogens (tertiary/aromatic N) is 4. The van der Waals surface area contributed by atoms with Crippen molar-refractivity contribution >= 4 is 17.4 Å². The molecular formula is C25H22F3N5O. The van der Waals surface area contributed by atoms with E-state index in [4.69, 9.17) is 10.7 Å². The first kappa shape index (κ1) is 22.1. The second-order valence-corrected chi connectivity index (χ2v) is 8.59. The molecule has 2 N–H and O–H groups in total. The van der Waals surface area contributed by atoms with Crippen molar-refractivity contribution in [2.45, 2.75) is 31.0 Å². The van der Waals surface area contributed by atoms with E-state index in [0.717, 1.165) is 43.0 Å². The number of halogens is 3. The van der Waals surface area contributed by atoms with E-state index in [9.17, 15) is 18.0 Å². The van der Waals surface area contributed by atoms with Crippen LogP contribution in [-0.4, -0.2) is 33.7 Å². The number of alkyl halides is 3. The summed E-state index contributed by atoms with van der Waals surface area (Å²) in [6, 6.07) is 20.2. The van der Waals surface area contributed by atoms with Gasteiger partial charge in [0.25, 0.3) is 0 Å². The van der Waals surface area contributed by atoms with Crippen LogP contribution in [0.25, 0.3) is 28.2 Å². The lowest BCUT2D eigenvalue weighted by Crippen LogP contribution is -2.43. The van der Waals surface area contributed by atoms with Crippen molar-refractivity contribution in [3.63, 3.8) is 0 Å². The van der Waals surface area contributed by atoms with Crippen molar-refractivity contribution in [1.29, 1.82) is 0 Å². The Hall–Kier alpha value is -3.72. The van der Waals surface area contributed by atoms with Crippen molar-refractivity contribution in [3.8, 4) is 22.5 Å². The third-order valence-electron chi connectivity index (χ3n) is 6.38. The second kappa shape index (κ2) is 7.95. The molecule has 1 fully saturated rings. The standard InChI is InChI=1S/C25H22F3N5O/c1-32(23(34)25(26,27)28)20-13-12-19-30-21(22(33(19)31-20)17-6-3-2-4-7-17)16-8-10-18(11-9-16)24(29)14-5-15-24/h2-4,6-13H,5,14-15,29H2,1H3. The molecule has 4 aromatic rings. The third-order valence-corrected chi connectivity index (χ3v) is 6.38. The molecule has 6 nitrogen and oxygen atoms in total. The molecule has 2 heterocycles. The van der Waals surface area contributed by atoms with E-state index in [-0.39, 0.29) is 11.4 Å². The molecule has 2 aromatic heterocycles. The number of aromatic nitrogens is 3. The van der Waals surface area contributed by atoms with Crippen molar-refractivity contribution in [2.24, 2.45) is 5.73 Å². The molecule has 2 aromatic carbocycles. The van der Waals surface area contributed by atoms with Crippen LogP contribution in [0.15, 0.2) is 66.7 Å². The Balaban J connectivity index is 1.64. The van der Waals surface area contributed by atoms with E-state index in [1.807, 2.05) is 54.6 Å². The molecule has 1 amide bonds. The lowest BCUT2D eigenvalue weighted by atomic mass is 9.72. The molecule has 0 aliphatic heterocycles. The minimum Gasteiger partial charge on any atom is -0.321 e. The van der Waals surface area contributed by atoms with Gasteiger partial charge < -0.3 is 5.73 Å². The van der Waals surface area contributed by atoms with Gasteiger partial charge in [-0.1, -0.05) is 54.6 Å². The fraction of sp³-hybridized carbons (Fsp3) is 0.240. The van der Waals surface area contributed by atoms with Gasteiger partial charge in [-0.2, -0.15) is 13.2 Å². The summed E-state index contributed by atoms with van der Waals surface area (Å²) in [7, 11) is 1.05. The highest BCUT2D eigenvalue weighted by Gasteiger charge is 2.42. The highest BCUT2D eigenvalue weighted by atomic mass is 19.4. The quantitative estimate of drug-likeness (QED) is 0.464. The highest BCUT2D eigenvalue weighted by molar-refractivity contribution is 5.96. The summed E-state index contributed by atoms with van der Waals surface area (Å²) in [6.07, 6.45) is -1.99. The van der Waals surface area contributed by atoms with Crippen LogP contribution in [0.5, 0.6) is 0 Å². The summed E-state index contributed by atoms with van der Waals surface area (Å²) in [5.41, 5.74) is 10.6. The molecule has 34 heavy (non-hydrogen) atoms. The monoisotopic (exact) mass is 465 g/mol. The third kappa shape index (κ3) is 3.71. The molecule has 174 valence electrons. The number of hydrogen-bond acceptors (Lipinski definition) is 4. The van der Waals surface area contributed by atoms with Gasteiger partial charge in [0.2, 0.25) is 0 Å². The van der Waals surface area contributed by atoms with Crippen LogP contribution in [0.4, 0.5) is 19.0 Å². The summed E-state index contributed by atoms with van der Waals surface area (Å²) in [5, 5.41) is 4.35. The predicted octanol–water partition coefficient (Wildman–Crippen LogP) is 4.93. The zero-order valence-corrected chi connectivity index (χ0v) is 18.4. The van der Waals surface area contributed by atoms with Crippen LogP contribution in [0.2, 0.25) is 0 Å². The number of rotatable bonds is 4. The van der Waals surface area contributed by atoms with Crippen LogP contribution in [0, 0.1) is 0 Å². The largest absolute Gasteiger partial charge is 0.471 e. The lowest BCUT2D eigenvalue weighted by molar-refractivity contribution is -0.170. The van der Waals surface area contributed by atoms with Gasteiger partial charge in [-0.05, 0) is 37.0 Å². The first-order valence-electron chi connectivity index (χ1n) is 10.9. The van der Waals surface area contributed by atoms with Crippen molar-refractivity contribution in [3.05, 3.63) is 72.3 Å². The molecule has 9 heteroatoms. The zero-order valence-electron chi connectivity index (χ0n) is 18.4. The van der Waals surface area contributed by atoms with E-state index >= 15 is 0 Å². The van der Waals surface area contributed by atoms with E-state index in [1.54, 1.807) is 6.07 Å². The summed E-state index contributed by atoms with van der Waals surface area (Å²) in [6.45, 7) is 0. The van der Waals surface area contributed by atoms with Gasteiger partial charge in [0.15, 0.2) is 11.5 Å². The highest BCUT2D eigenvalue weighted by Crippen LogP contribution is 2.40. The Bertz CT molecular complexity index is 1360. The fourth-order valence-corrected chi connectivity index (χ4v) is 4.26. The summed E-state index contributed by atoms with van der Waals surface area (Å²) >= 11 is 0. The van der Waals surface area contributed by atoms with Crippen LogP contribution in [0.3, 0.4) is 0 Å². The number of nitrogens with two attached hydrogens (primary N) is 1. The Morgan fingerprint density at radius 2 is 1.68 bits per heavy atom. The zero-order chi connectivity index (χ0) is 24.1. The van der Waals surface area contributed by atoms with Gasteiger partial charge >= 0.3 is 12.1 Å². The van der Waals surface area contributed by atoms with Gasteiger partial charge in [-0.3, -0.25) is 9.69 Å². The molecule has 5 rings (SSSR count). The van der Waals surface area contributed by atoms with Crippen molar-refractivity contribution in [2.75, 3.05) is 11.9 Å². The fourth-order valence-electron chi connectivity index (χ4n) is 4.26. The number of benzene rings is 2. The Labute approximate surface area is 193 Å². The van der Waals surface area contributed by atoms with Gasteiger partial charge in [-0.15, -0.1) is 5.10 Å². The number of amides is 1. The van der Waals surface area contributed by atoms with Crippen LogP contribution in [0.1, 0.15) is 24.8 Å². The molecule has 1 saturated carbocycles. The number of carbonyl (C=O) groups excluding carboxylic acids is 1. The van der Waals surface area contributed by atoms with Gasteiger partial charge in [0.1, 0.15) is 5.69 Å². The summed E-state index contributed by atoms with van der Waals surface area (Å²) < 4.78 is 40.4. The first-order valence-corrected chi connectivity index (χ1v) is 10.9. The van der Waals surface area contributed by atoms with Gasteiger partial charge in [0.05, 0.1) is 5.69 Å². The molecule has 0 saturated heterocycles. The SMILES string of the molecule is CN(C(=O)C(F)(F)F)c1ccc2nc(-c3ccc(C4(N)CCC4)cc3)c(-c3ccccc3)n2n1. The molecule has 0 unspecified atom stereocenters. The maximum Gasteiger partial charge on any atom is 0.471 e. The number of fused-ring (bicyclic) bond motifs is 1. The van der Waals surface area contributed by atoms with E-state index in [1.165, 1.54) is 10.6 Å². The number of hydrogen-bond donors (Lipinski definition) is 1. The lowest BCUT2D eigenvalue weighted by Gasteiger charge is -2.38. The summed E-state index contributed by atoms with van der Waals surface area (Å²) in [5.74, 6) is -2.13. The average molecular weight is 465 g/mol. The van der Waals surface area contributed by atoms with Gasteiger partial charge in [0, 0.05) is 23.7 Å². The molecule has 0 atom stereocenters. The first-order chi connectivity index (χ1) is 16.2. The second-order valence-electron chi connectivity index (χ2n) is 8.59. The van der Waals surface area contributed by atoms with Crippen LogP contribution in [-0.2, 0) is 10.3 Å². The Kier molecular flexibility index (Phi) is 5.16. The average Bonchev–Trinajstić information content (AvgIpc) is 3.20. The minimum absolute atomic E-state index is 0.138. The van der Waals surface area contributed by atoms with E-state index in [0.29, 0.717) is 21.9 Å². The van der Waals surface area contributed by atoms with E-state index < -0.39 is 12.1 Å². The smallest absolute Gasteiger partial charge is 0.321 e. The van der Waals surface area contributed by atoms with Crippen molar-refractivity contribution < 1.29 is 18.0 Å². The number of anilines is 1. The van der Waals surface area contributed by atoms with Gasteiger partial charge in [-0.25, -0.2) is 9.50 Å². The molecule has 1 aliphatic rings. The molecule has 0 radical (unpaired) electrons. The van der Waals surface area contributed by atoms with E-state index in [2.05, 4.69) is 5.10 Å². The normalized spacial score (nSPS) is 15.2. The summed E-state index contributed by atoms with van der Waals surface area (Å²) in [4.78, 5) is 17.0. The number of carbonyl (C=O) groups is 1. The maximum atomic E-state index is 13.0. The predicted molar refractivity (Wildman–Crippen MR) is 123 cm³/mol. The Morgan fingerprint density at radius 1 is 1.00 bits per heavy atom.